The summed E-state index contributed by atoms with van der Waals surface area (Å²) in [7, 11) is 0. The second kappa shape index (κ2) is 7.87. The zero-order chi connectivity index (χ0) is 19.6. The van der Waals surface area contributed by atoms with Crippen molar-refractivity contribution in [2.75, 3.05) is 11.4 Å². The van der Waals surface area contributed by atoms with Crippen LogP contribution in [0.1, 0.15) is 77.8 Å². The van der Waals surface area contributed by atoms with E-state index in [0.717, 1.165) is 50.6 Å². The van der Waals surface area contributed by atoms with E-state index in [1.807, 2.05) is 44.0 Å². The second-order valence-corrected chi connectivity index (χ2v) is 8.61. The molecule has 1 aliphatic heterocycles. The Morgan fingerprint density at radius 2 is 1.89 bits per heavy atom. The third kappa shape index (κ3) is 4.60. The molecule has 0 aromatic carbocycles. The Morgan fingerprint density at radius 3 is 2.41 bits per heavy atom. The average molecular weight is 373 g/mol. The van der Waals surface area contributed by atoms with E-state index in [0.29, 0.717) is 5.82 Å². The number of anilines is 1. The van der Waals surface area contributed by atoms with Crippen molar-refractivity contribution in [3.8, 4) is 0 Å². The third-order valence-electron chi connectivity index (χ3n) is 5.34. The highest BCUT2D eigenvalue weighted by Gasteiger charge is 2.34. The van der Waals surface area contributed by atoms with Gasteiger partial charge in [0.25, 0.3) is 0 Å². The van der Waals surface area contributed by atoms with Crippen molar-refractivity contribution < 1.29 is 14.3 Å². The Hall–Kier alpha value is -2.11. The fourth-order valence-corrected chi connectivity index (χ4v) is 3.78. The number of hydrogen-bond donors (Lipinski definition) is 0. The predicted octanol–water partition coefficient (Wildman–Crippen LogP) is 4.45. The summed E-state index contributed by atoms with van der Waals surface area (Å²) in [6.07, 6.45) is 7.68. The first kappa shape index (κ1) is 19.6. The molecule has 2 amide bonds. The molecule has 1 atom stereocenters. The summed E-state index contributed by atoms with van der Waals surface area (Å²) in [6, 6.07) is 4.13. The Morgan fingerprint density at radius 1 is 1.15 bits per heavy atom. The van der Waals surface area contributed by atoms with E-state index in [9.17, 15) is 9.59 Å². The maximum Gasteiger partial charge on any atom is 0.416 e. The Labute approximate surface area is 161 Å². The van der Waals surface area contributed by atoms with E-state index >= 15 is 0 Å². The van der Waals surface area contributed by atoms with Crippen LogP contribution in [0.3, 0.4) is 0 Å². The molecule has 1 aromatic heterocycles. The molecule has 6 nitrogen and oxygen atoms in total. The normalized spacial score (nSPS) is 20.7. The Kier molecular flexibility index (Phi) is 5.72. The van der Waals surface area contributed by atoms with Gasteiger partial charge in [0, 0.05) is 25.7 Å². The highest BCUT2D eigenvalue weighted by Crippen LogP contribution is 2.33. The molecule has 0 spiro atoms. The van der Waals surface area contributed by atoms with Gasteiger partial charge in [-0.2, -0.15) is 0 Å². The van der Waals surface area contributed by atoms with Gasteiger partial charge in [0.15, 0.2) is 0 Å². The van der Waals surface area contributed by atoms with E-state index in [-0.39, 0.29) is 24.1 Å². The van der Waals surface area contributed by atoms with Crippen LogP contribution in [0.25, 0.3) is 0 Å². The van der Waals surface area contributed by atoms with Gasteiger partial charge < -0.3 is 9.64 Å². The van der Waals surface area contributed by atoms with Crippen LogP contribution in [0, 0.1) is 0 Å². The van der Waals surface area contributed by atoms with Crippen molar-refractivity contribution in [3.05, 3.63) is 23.9 Å². The summed E-state index contributed by atoms with van der Waals surface area (Å²) < 4.78 is 5.60. The fraction of sp³-hybridized carbons (Fsp3) is 0.667. The number of carbonyl (C=O) groups is 2. The number of piperidine rings is 1. The third-order valence-corrected chi connectivity index (χ3v) is 5.34. The SMILES string of the molecule is CC(=O)N1CCCCC1c1ccc(N(C(=O)OC(C)(C)C)C2CCC2)nc1. The lowest BCUT2D eigenvalue weighted by atomic mass is 9.91. The maximum atomic E-state index is 12.7. The first-order valence-corrected chi connectivity index (χ1v) is 10.0. The zero-order valence-electron chi connectivity index (χ0n) is 16.9. The second-order valence-electron chi connectivity index (χ2n) is 8.61. The van der Waals surface area contributed by atoms with Crippen molar-refractivity contribution in [1.82, 2.24) is 9.88 Å². The molecule has 27 heavy (non-hydrogen) atoms. The molecular weight excluding hydrogens is 342 g/mol. The van der Waals surface area contributed by atoms with E-state index in [4.69, 9.17) is 4.74 Å². The van der Waals surface area contributed by atoms with Gasteiger partial charge in [-0.25, -0.2) is 9.78 Å². The number of rotatable bonds is 3. The Balaban J connectivity index is 1.80. The molecule has 0 N–H and O–H groups in total. The number of pyridine rings is 1. The molecule has 1 aromatic rings. The van der Waals surface area contributed by atoms with E-state index in [1.165, 1.54) is 0 Å². The summed E-state index contributed by atoms with van der Waals surface area (Å²) in [6.45, 7) is 8.05. The fourth-order valence-electron chi connectivity index (χ4n) is 3.78. The van der Waals surface area contributed by atoms with Crippen molar-refractivity contribution in [1.29, 1.82) is 0 Å². The Bertz CT molecular complexity index is 677. The molecule has 1 unspecified atom stereocenters. The number of aromatic nitrogens is 1. The van der Waals surface area contributed by atoms with Crippen LogP contribution >= 0.6 is 0 Å². The van der Waals surface area contributed by atoms with E-state index in [1.54, 1.807) is 11.8 Å². The molecule has 2 heterocycles. The summed E-state index contributed by atoms with van der Waals surface area (Å²) in [4.78, 5) is 32.9. The summed E-state index contributed by atoms with van der Waals surface area (Å²) >= 11 is 0. The number of ether oxygens (including phenoxy) is 1. The minimum Gasteiger partial charge on any atom is -0.443 e. The molecule has 0 bridgehead atoms. The van der Waals surface area contributed by atoms with Crippen LogP contribution in [-0.2, 0) is 9.53 Å². The lowest BCUT2D eigenvalue weighted by molar-refractivity contribution is -0.132. The number of likely N-dealkylation sites (tertiary alicyclic amines) is 1. The quantitative estimate of drug-likeness (QED) is 0.785. The van der Waals surface area contributed by atoms with E-state index < -0.39 is 5.60 Å². The summed E-state index contributed by atoms with van der Waals surface area (Å²) in [5.74, 6) is 0.733. The maximum absolute atomic E-state index is 12.7. The van der Waals surface area contributed by atoms with Gasteiger partial charge in [-0.05, 0) is 70.9 Å². The van der Waals surface area contributed by atoms with Crippen LogP contribution in [0.5, 0.6) is 0 Å². The lowest BCUT2D eigenvalue weighted by Crippen LogP contribution is -2.47. The molecule has 3 rings (SSSR count). The van der Waals surface area contributed by atoms with Crippen LogP contribution in [-0.4, -0.2) is 40.1 Å². The van der Waals surface area contributed by atoms with Crippen molar-refractivity contribution in [3.63, 3.8) is 0 Å². The number of carbonyl (C=O) groups excluding carboxylic acids is 2. The highest BCUT2D eigenvalue weighted by atomic mass is 16.6. The van der Waals surface area contributed by atoms with Crippen LogP contribution < -0.4 is 4.90 Å². The molecule has 1 aliphatic carbocycles. The summed E-state index contributed by atoms with van der Waals surface area (Å²) in [5.41, 5.74) is 0.495. The summed E-state index contributed by atoms with van der Waals surface area (Å²) in [5, 5.41) is 0. The minimum absolute atomic E-state index is 0.0801. The lowest BCUT2D eigenvalue weighted by Gasteiger charge is -2.38. The molecule has 1 saturated carbocycles. The topological polar surface area (TPSA) is 62.7 Å². The first-order valence-electron chi connectivity index (χ1n) is 10.0. The van der Waals surface area contributed by atoms with Crippen LogP contribution in [0.4, 0.5) is 10.6 Å². The van der Waals surface area contributed by atoms with Crippen molar-refractivity contribution in [2.45, 2.75) is 83.9 Å². The van der Waals surface area contributed by atoms with Gasteiger partial charge in [-0.15, -0.1) is 0 Å². The zero-order valence-corrected chi connectivity index (χ0v) is 16.9. The molecule has 2 aliphatic rings. The highest BCUT2D eigenvalue weighted by molar-refractivity contribution is 5.87. The minimum atomic E-state index is -0.539. The monoisotopic (exact) mass is 373 g/mol. The smallest absolute Gasteiger partial charge is 0.416 e. The van der Waals surface area contributed by atoms with Crippen LogP contribution in [0.15, 0.2) is 18.3 Å². The molecule has 1 saturated heterocycles. The number of hydrogen-bond acceptors (Lipinski definition) is 4. The number of amides is 2. The predicted molar refractivity (Wildman–Crippen MR) is 105 cm³/mol. The van der Waals surface area contributed by atoms with Gasteiger partial charge in [-0.1, -0.05) is 6.07 Å². The molecule has 2 fully saturated rings. The molecule has 148 valence electrons. The van der Waals surface area contributed by atoms with Crippen molar-refractivity contribution >= 4 is 17.8 Å². The molecule has 6 heteroatoms. The van der Waals surface area contributed by atoms with Gasteiger partial charge >= 0.3 is 6.09 Å². The van der Waals surface area contributed by atoms with Crippen molar-refractivity contribution in [2.24, 2.45) is 0 Å². The molecule has 0 radical (unpaired) electrons. The van der Waals surface area contributed by atoms with E-state index in [2.05, 4.69) is 4.98 Å². The van der Waals surface area contributed by atoms with Gasteiger partial charge in [0.05, 0.1) is 6.04 Å². The van der Waals surface area contributed by atoms with Crippen LogP contribution in [0.2, 0.25) is 0 Å². The van der Waals surface area contributed by atoms with Gasteiger partial charge in [0.2, 0.25) is 5.91 Å². The largest absolute Gasteiger partial charge is 0.443 e. The standard InChI is InChI=1S/C21H31N3O3/c1-15(25)23-13-6-5-10-18(23)16-11-12-19(22-14-16)24(17-8-7-9-17)20(26)27-21(2,3)4/h11-12,14,17-18H,5-10,13H2,1-4H3. The average Bonchev–Trinajstić information content (AvgIpc) is 2.56. The number of nitrogens with zero attached hydrogens (tertiary/aromatic N) is 3. The van der Waals surface area contributed by atoms with Gasteiger partial charge in [-0.3, -0.25) is 9.69 Å². The van der Waals surface area contributed by atoms with Gasteiger partial charge in [0.1, 0.15) is 11.4 Å². The first-order chi connectivity index (χ1) is 12.8. The molecular formula is C21H31N3O3.